The van der Waals surface area contributed by atoms with E-state index in [-0.39, 0.29) is 21.4 Å². The number of hydrogen-bond acceptors (Lipinski definition) is 2. The van der Waals surface area contributed by atoms with E-state index in [1.54, 1.807) is 31.3 Å². The average Bonchev–Trinajstić information content (AvgIpc) is 3.09. The fourth-order valence-corrected chi connectivity index (χ4v) is 4.01. The van der Waals surface area contributed by atoms with E-state index in [4.69, 9.17) is 23.2 Å². The Hall–Kier alpha value is -2.57. The van der Waals surface area contributed by atoms with Crippen molar-refractivity contribution in [2.75, 3.05) is 0 Å². The molecule has 2 aromatic carbocycles. The summed E-state index contributed by atoms with van der Waals surface area (Å²) in [6.07, 6.45) is 2.25. The van der Waals surface area contributed by atoms with Gasteiger partial charge in [0, 0.05) is 47.9 Å². The molecule has 0 amide bonds. The molecule has 0 spiro atoms. The molecule has 0 aliphatic carbocycles. The van der Waals surface area contributed by atoms with E-state index in [1.807, 2.05) is 17.8 Å². The minimum Gasteiger partial charge on any atom is -0.338 e. The van der Waals surface area contributed by atoms with Crippen LogP contribution in [0.5, 0.6) is 0 Å². The number of carbonyl (C=O) groups is 1. The Bertz CT molecular complexity index is 1130. The lowest BCUT2D eigenvalue weighted by atomic mass is 9.95. The van der Waals surface area contributed by atoms with Crippen LogP contribution in [0, 0.1) is 6.92 Å². The summed E-state index contributed by atoms with van der Waals surface area (Å²) >= 11 is 11.8. The third-order valence-corrected chi connectivity index (χ3v) is 5.56. The highest BCUT2D eigenvalue weighted by Gasteiger charge is 2.39. The number of allylic oxidation sites excluding steroid dienone is 1. The quantitative estimate of drug-likeness (QED) is 0.334. The van der Waals surface area contributed by atoms with Crippen LogP contribution < -0.4 is 0 Å². The van der Waals surface area contributed by atoms with Crippen LogP contribution in [0.4, 0.5) is 13.2 Å². The van der Waals surface area contributed by atoms with Crippen molar-refractivity contribution < 1.29 is 18.0 Å². The molecule has 0 saturated carbocycles. The smallest absolute Gasteiger partial charge is 0.338 e. The van der Waals surface area contributed by atoms with Gasteiger partial charge in [-0.1, -0.05) is 53.6 Å². The maximum atomic E-state index is 13.7. The van der Waals surface area contributed by atoms with Crippen LogP contribution in [-0.4, -0.2) is 21.5 Å². The van der Waals surface area contributed by atoms with Crippen molar-refractivity contribution in [1.82, 2.24) is 9.55 Å². The van der Waals surface area contributed by atoms with Crippen molar-refractivity contribution in [1.29, 1.82) is 0 Å². The van der Waals surface area contributed by atoms with Crippen molar-refractivity contribution in [3.8, 4) is 0 Å². The van der Waals surface area contributed by atoms with Crippen LogP contribution in [0.25, 0.3) is 6.08 Å². The lowest BCUT2D eigenvalue weighted by molar-refractivity contribution is -0.139. The van der Waals surface area contributed by atoms with Gasteiger partial charge >= 0.3 is 6.18 Å². The van der Waals surface area contributed by atoms with Crippen LogP contribution in [-0.2, 0) is 13.5 Å². The second-order valence-electron chi connectivity index (χ2n) is 7.53. The Labute approximate surface area is 194 Å². The summed E-state index contributed by atoms with van der Waals surface area (Å²) < 4.78 is 42.8. The summed E-state index contributed by atoms with van der Waals surface area (Å²) in [4.78, 5) is 16.8. The lowest BCUT2D eigenvalue weighted by Crippen LogP contribution is -2.18. The first-order valence-corrected chi connectivity index (χ1v) is 10.6. The first-order valence-electron chi connectivity index (χ1n) is 9.85. The molecule has 1 heterocycles. The standard InChI is InChI=1S/C24H21Cl2F3N2O/c1-15-11-16(3-5-20(15)22(32)7-8-23-30-9-10-31(23)2)4-6-21(24(27,28)29)17-12-18(25)14-19(26)13-17/h3-6,9-14,21H,7-8H2,1-2H3/b6-4+. The average molecular weight is 481 g/mol. The molecule has 0 fully saturated rings. The lowest BCUT2D eigenvalue weighted by Gasteiger charge is -2.18. The van der Waals surface area contributed by atoms with Crippen LogP contribution in [0.1, 0.15) is 45.2 Å². The monoisotopic (exact) mass is 480 g/mol. The Balaban J connectivity index is 1.78. The summed E-state index contributed by atoms with van der Waals surface area (Å²) in [5.74, 6) is -1.09. The number of nitrogens with zero attached hydrogens (tertiary/aromatic N) is 2. The molecule has 1 atom stereocenters. The van der Waals surface area contributed by atoms with Crippen molar-refractivity contribution in [2.45, 2.75) is 31.9 Å². The topological polar surface area (TPSA) is 34.9 Å². The Morgan fingerprint density at radius 1 is 1.16 bits per heavy atom. The van der Waals surface area contributed by atoms with E-state index in [2.05, 4.69) is 4.98 Å². The van der Waals surface area contributed by atoms with Crippen molar-refractivity contribution in [3.63, 3.8) is 0 Å². The molecule has 168 valence electrons. The molecule has 0 saturated heterocycles. The van der Waals surface area contributed by atoms with Gasteiger partial charge in [-0.2, -0.15) is 13.2 Å². The predicted molar refractivity (Wildman–Crippen MR) is 121 cm³/mol. The fraction of sp³-hybridized carbons (Fsp3) is 0.250. The first-order chi connectivity index (χ1) is 15.0. The molecule has 1 unspecified atom stereocenters. The van der Waals surface area contributed by atoms with Crippen molar-refractivity contribution >= 4 is 35.1 Å². The zero-order chi connectivity index (χ0) is 23.5. The van der Waals surface area contributed by atoms with E-state index in [0.717, 1.165) is 11.9 Å². The van der Waals surface area contributed by atoms with E-state index in [0.29, 0.717) is 29.5 Å². The number of alkyl halides is 3. The highest BCUT2D eigenvalue weighted by Crippen LogP contribution is 2.38. The molecule has 32 heavy (non-hydrogen) atoms. The van der Waals surface area contributed by atoms with E-state index >= 15 is 0 Å². The molecule has 3 rings (SSSR count). The summed E-state index contributed by atoms with van der Waals surface area (Å²) in [7, 11) is 1.87. The van der Waals surface area contributed by atoms with Gasteiger partial charge in [0.25, 0.3) is 0 Å². The zero-order valence-electron chi connectivity index (χ0n) is 17.5. The van der Waals surface area contributed by atoms with Crippen molar-refractivity contribution in [2.24, 2.45) is 7.05 Å². The van der Waals surface area contributed by atoms with Gasteiger partial charge in [-0.05, 0) is 41.8 Å². The van der Waals surface area contributed by atoms with Crippen LogP contribution in [0.2, 0.25) is 10.0 Å². The van der Waals surface area contributed by atoms with Crippen LogP contribution >= 0.6 is 23.2 Å². The maximum Gasteiger partial charge on any atom is 0.399 e. The molecule has 1 aromatic heterocycles. The number of ketones is 1. The molecule has 0 radical (unpaired) electrons. The fourth-order valence-electron chi connectivity index (χ4n) is 3.47. The van der Waals surface area contributed by atoms with Gasteiger partial charge in [-0.3, -0.25) is 4.79 Å². The summed E-state index contributed by atoms with van der Waals surface area (Å²) in [5, 5.41) is 0.277. The van der Waals surface area contributed by atoms with Gasteiger partial charge in [0.2, 0.25) is 0 Å². The molecule has 0 bridgehead atoms. The third-order valence-electron chi connectivity index (χ3n) is 5.13. The molecular formula is C24H21Cl2F3N2O. The van der Waals surface area contributed by atoms with Crippen LogP contribution in [0.3, 0.4) is 0 Å². The second kappa shape index (κ2) is 9.92. The SMILES string of the molecule is Cc1cc(/C=C/C(c2cc(Cl)cc(Cl)c2)C(F)(F)F)ccc1C(=O)CCc1nccn1C. The predicted octanol–water partition coefficient (Wildman–Crippen LogP) is 7.21. The number of Topliss-reactive ketones (excluding diaryl/α,β-unsaturated/α-hetero) is 1. The number of halogens is 5. The summed E-state index contributed by atoms with van der Waals surface area (Å²) in [6, 6.07) is 8.87. The van der Waals surface area contributed by atoms with Gasteiger partial charge in [-0.15, -0.1) is 0 Å². The van der Waals surface area contributed by atoms with Gasteiger partial charge in [0.1, 0.15) is 5.82 Å². The summed E-state index contributed by atoms with van der Waals surface area (Å²) in [6.45, 7) is 1.77. The highest BCUT2D eigenvalue weighted by atomic mass is 35.5. The second-order valence-corrected chi connectivity index (χ2v) is 8.41. The first kappa shape index (κ1) is 24.1. The van der Waals surface area contributed by atoms with Gasteiger partial charge < -0.3 is 4.57 Å². The highest BCUT2D eigenvalue weighted by molar-refractivity contribution is 6.34. The molecule has 0 aliphatic rings. The molecule has 8 heteroatoms. The number of aryl methyl sites for hydroxylation is 3. The molecule has 3 nitrogen and oxygen atoms in total. The normalized spacial score (nSPS) is 13.0. The zero-order valence-corrected chi connectivity index (χ0v) is 19.0. The maximum absolute atomic E-state index is 13.7. The number of carbonyl (C=O) groups excluding carboxylic acids is 1. The third kappa shape index (κ3) is 6.02. The van der Waals surface area contributed by atoms with Gasteiger partial charge in [0.15, 0.2) is 5.78 Å². The minimum atomic E-state index is -4.51. The number of aromatic nitrogens is 2. The largest absolute Gasteiger partial charge is 0.399 e. The Kier molecular flexibility index (Phi) is 7.47. The molecular weight excluding hydrogens is 460 g/mol. The minimum absolute atomic E-state index is 0.0379. The number of rotatable bonds is 7. The molecule has 0 aliphatic heterocycles. The Morgan fingerprint density at radius 2 is 1.84 bits per heavy atom. The Morgan fingerprint density at radius 3 is 2.41 bits per heavy atom. The van der Waals surface area contributed by atoms with E-state index in [1.165, 1.54) is 24.3 Å². The number of hydrogen-bond donors (Lipinski definition) is 0. The summed E-state index contributed by atoms with van der Waals surface area (Å²) in [5.41, 5.74) is 1.77. The van der Waals surface area contributed by atoms with Crippen molar-refractivity contribution in [3.05, 3.63) is 93.0 Å². The number of imidazole rings is 1. The van der Waals surface area contributed by atoms with Crippen LogP contribution in [0.15, 0.2) is 54.9 Å². The van der Waals surface area contributed by atoms with E-state index < -0.39 is 12.1 Å². The molecule has 0 N–H and O–H groups in total. The number of benzene rings is 2. The molecule has 3 aromatic rings. The van der Waals surface area contributed by atoms with Gasteiger partial charge in [0.05, 0.1) is 5.92 Å². The van der Waals surface area contributed by atoms with E-state index in [9.17, 15) is 18.0 Å². The van der Waals surface area contributed by atoms with Gasteiger partial charge in [-0.25, -0.2) is 4.98 Å².